The summed E-state index contributed by atoms with van der Waals surface area (Å²) in [4.78, 5) is 10.3. The normalized spacial score (nSPS) is 35.9. The fourth-order valence-corrected chi connectivity index (χ4v) is 1.26. The number of ether oxygens (including phenoxy) is 1. The molecule has 7 nitrogen and oxygen atoms in total. The number of primary amides is 1. The third-order valence-electron chi connectivity index (χ3n) is 2.05. The molecule has 0 spiro atoms. The molecule has 1 rings (SSSR count). The lowest BCUT2D eigenvalue weighted by atomic mass is 10.1. The summed E-state index contributed by atoms with van der Waals surface area (Å²) >= 11 is 0. The van der Waals surface area contributed by atoms with Gasteiger partial charge in [-0.3, -0.25) is 4.79 Å². The van der Waals surface area contributed by atoms with Gasteiger partial charge in [-0.2, -0.15) is 0 Å². The van der Waals surface area contributed by atoms with E-state index >= 15 is 0 Å². The summed E-state index contributed by atoms with van der Waals surface area (Å²) in [5.41, 5.74) is 4.83. The maximum absolute atomic E-state index is 10.3. The first-order valence-corrected chi connectivity index (χ1v) is 4.40. The molecule has 4 atom stereocenters. The highest BCUT2D eigenvalue weighted by Crippen LogP contribution is 2.18. The fraction of sp³-hybridized carbons (Fsp3) is 0.625. The first-order valence-electron chi connectivity index (χ1n) is 4.40. The van der Waals surface area contributed by atoms with Crippen molar-refractivity contribution in [2.24, 2.45) is 5.73 Å². The van der Waals surface area contributed by atoms with Crippen molar-refractivity contribution in [2.75, 3.05) is 6.61 Å². The molecule has 1 heterocycles. The minimum atomic E-state index is -1.17. The van der Waals surface area contributed by atoms with Crippen LogP contribution in [0.15, 0.2) is 12.3 Å². The van der Waals surface area contributed by atoms with Gasteiger partial charge in [-0.05, 0) is 0 Å². The van der Waals surface area contributed by atoms with E-state index in [4.69, 9.17) is 15.6 Å². The van der Waals surface area contributed by atoms with Crippen LogP contribution in [0, 0.1) is 0 Å². The van der Waals surface area contributed by atoms with Gasteiger partial charge in [-0.1, -0.05) is 0 Å². The predicted octanol–water partition coefficient (Wildman–Crippen LogP) is -2.99. The van der Waals surface area contributed by atoms with Crippen molar-refractivity contribution in [1.29, 1.82) is 0 Å². The van der Waals surface area contributed by atoms with Crippen LogP contribution in [0.3, 0.4) is 0 Å². The van der Waals surface area contributed by atoms with E-state index in [1.807, 2.05) is 0 Å². The van der Waals surface area contributed by atoms with Crippen molar-refractivity contribution >= 4 is 5.91 Å². The van der Waals surface area contributed by atoms with Crippen LogP contribution in [0.25, 0.3) is 0 Å². The second-order valence-electron chi connectivity index (χ2n) is 3.16. The van der Waals surface area contributed by atoms with Gasteiger partial charge in [-0.15, -0.1) is 0 Å². The number of hydrogen-bond donors (Lipinski definition) is 5. The molecule has 0 radical (unpaired) electrons. The lowest BCUT2D eigenvalue weighted by molar-refractivity contribution is -0.113. The van der Waals surface area contributed by atoms with Crippen LogP contribution in [-0.4, -0.2) is 52.4 Å². The Morgan fingerprint density at radius 1 is 1.47 bits per heavy atom. The molecule has 0 aliphatic carbocycles. The SMILES string of the molecule is NC(=O)/C=C/N[C@@H]1O[C@H](CO)[C@@H](O)[C@@H]1O. The number of rotatable bonds is 4. The summed E-state index contributed by atoms with van der Waals surface area (Å²) in [6, 6.07) is 0. The molecule has 86 valence electrons. The zero-order valence-corrected chi connectivity index (χ0v) is 7.91. The van der Waals surface area contributed by atoms with E-state index in [0.29, 0.717) is 0 Å². The molecule has 7 heteroatoms. The van der Waals surface area contributed by atoms with Crippen LogP contribution >= 0.6 is 0 Å². The largest absolute Gasteiger partial charge is 0.394 e. The molecule has 0 unspecified atom stereocenters. The quantitative estimate of drug-likeness (QED) is 0.320. The van der Waals surface area contributed by atoms with Gasteiger partial charge < -0.3 is 31.1 Å². The Hall–Kier alpha value is -1.15. The average Bonchev–Trinajstić information content (AvgIpc) is 2.45. The molecule has 0 aromatic heterocycles. The number of carbonyl (C=O) groups is 1. The molecular weight excluding hydrogens is 204 g/mol. The standard InChI is InChI=1S/C8H14N2O5/c9-5(12)1-2-10-8-7(14)6(13)4(3-11)15-8/h1-2,4,6-8,10-11,13-14H,3H2,(H2,9,12)/b2-1+/t4-,6-,7+,8-/m1/s1. The monoisotopic (exact) mass is 218 g/mol. The number of amides is 1. The molecule has 0 bridgehead atoms. The third kappa shape index (κ3) is 2.90. The Morgan fingerprint density at radius 3 is 2.60 bits per heavy atom. The van der Waals surface area contributed by atoms with E-state index in [1.165, 1.54) is 6.20 Å². The van der Waals surface area contributed by atoms with Gasteiger partial charge >= 0.3 is 0 Å². The van der Waals surface area contributed by atoms with Gasteiger partial charge in [0.05, 0.1) is 6.61 Å². The van der Waals surface area contributed by atoms with E-state index in [-0.39, 0.29) is 0 Å². The zero-order valence-electron chi connectivity index (χ0n) is 7.91. The van der Waals surface area contributed by atoms with Crippen molar-refractivity contribution in [3.63, 3.8) is 0 Å². The van der Waals surface area contributed by atoms with E-state index in [9.17, 15) is 15.0 Å². The maximum atomic E-state index is 10.3. The van der Waals surface area contributed by atoms with E-state index in [0.717, 1.165) is 6.08 Å². The Kier molecular flexibility index (Phi) is 4.04. The van der Waals surface area contributed by atoms with E-state index in [2.05, 4.69) is 5.32 Å². The van der Waals surface area contributed by atoms with Crippen LogP contribution < -0.4 is 11.1 Å². The van der Waals surface area contributed by atoms with Gasteiger partial charge in [0.15, 0.2) is 6.23 Å². The van der Waals surface area contributed by atoms with Crippen LogP contribution in [0.2, 0.25) is 0 Å². The number of aliphatic hydroxyl groups excluding tert-OH is 3. The molecule has 1 saturated heterocycles. The molecule has 1 fully saturated rings. The zero-order chi connectivity index (χ0) is 11.4. The first-order chi connectivity index (χ1) is 7.06. The van der Waals surface area contributed by atoms with E-state index < -0.39 is 37.1 Å². The average molecular weight is 218 g/mol. The molecule has 15 heavy (non-hydrogen) atoms. The predicted molar refractivity (Wildman–Crippen MR) is 49.2 cm³/mol. The number of nitrogens with two attached hydrogens (primary N) is 1. The Labute approximate surface area is 86.1 Å². The lowest BCUT2D eigenvalue weighted by Crippen LogP contribution is -2.38. The van der Waals surface area contributed by atoms with E-state index in [1.54, 1.807) is 0 Å². The van der Waals surface area contributed by atoms with Gasteiger partial charge in [0.2, 0.25) is 5.91 Å². The van der Waals surface area contributed by atoms with Crippen LogP contribution in [0.1, 0.15) is 0 Å². The van der Waals surface area contributed by atoms with Gasteiger partial charge in [0.25, 0.3) is 0 Å². The van der Waals surface area contributed by atoms with Gasteiger partial charge in [0.1, 0.15) is 18.3 Å². The lowest BCUT2D eigenvalue weighted by Gasteiger charge is -2.14. The second-order valence-corrected chi connectivity index (χ2v) is 3.16. The summed E-state index contributed by atoms with van der Waals surface area (Å²) in [6.07, 6.45) is -1.77. The van der Waals surface area contributed by atoms with Crippen LogP contribution in [0.5, 0.6) is 0 Å². The fourth-order valence-electron chi connectivity index (χ4n) is 1.26. The molecule has 1 amide bonds. The summed E-state index contributed by atoms with van der Waals surface area (Å²) in [5, 5.41) is 30.1. The molecular formula is C8H14N2O5. The smallest absolute Gasteiger partial charge is 0.242 e. The molecule has 6 N–H and O–H groups in total. The third-order valence-corrected chi connectivity index (χ3v) is 2.05. The summed E-state index contributed by atoms with van der Waals surface area (Å²) in [7, 11) is 0. The number of carbonyl (C=O) groups excluding carboxylic acids is 1. The first kappa shape index (κ1) is 11.9. The van der Waals surface area contributed by atoms with Gasteiger partial charge in [0, 0.05) is 12.3 Å². The molecule has 1 aliphatic rings. The Bertz CT molecular complexity index is 257. The van der Waals surface area contributed by atoms with Crippen molar-refractivity contribution in [3.05, 3.63) is 12.3 Å². The number of hydrogen-bond acceptors (Lipinski definition) is 6. The molecule has 0 saturated carbocycles. The minimum absolute atomic E-state index is 0.393. The summed E-state index contributed by atoms with van der Waals surface area (Å²) < 4.78 is 5.05. The Balaban J connectivity index is 2.47. The highest BCUT2D eigenvalue weighted by molar-refractivity contribution is 5.85. The molecule has 1 aliphatic heterocycles. The highest BCUT2D eigenvalue weighted by Gasteiger charge is 2.41. The van der Waals surface area contributed by atoms with Gasteiger partial charge in [-0.25, -0.2) is 0 Å². The van der Waals surface area contributed by atoms with Crippen LogP contribution in [0.4, 0.5) is 0 Å². The second kappa shape index (κ2) is 5.08. The Morgan fingerprint density at radius 2 is 2.13 bits per heavy atom. The summed E-state index contributed by atoms with van der Waals surface area (Å²) in [6.45, 7) is -0.393. The van der Waals surface area contributed by atoms with Crippen molar-refractivity contribution in [2.45, 2.75) is 24.5 Å². The topological polar surface area (TPSA) is 125 Å². The minimum Gasteiger partial charge on any atom is -0.394 e. The molecule has 0 aromatic rings. The van der Waals surface area contributed by atoms with Crippen molar-refractivity contribution < 1.29 is 24.9 Å². The maximum Gasteiger partial charge on any atom is 0.242 e. The number of aliphatic hydroxyl groups is 3. The molecule has 0 aromatic carbocycles. The summed E-state index contributed by atoms with van der Waals surface area (Å²) in [5.74, 6) is -0.644. The van der Waals surface area contributed by atoms with Crippen molar-refractivity contribution in [1.82, 2.24) is 5.32 Å². The highest BCUT2D eigenvalue weighted by atomic mass is 16.6. The van der Waals surface area contributed by atoms with Crippen LogP contribution in [-0.2, 0) is 9.53 Å². The van der Waals surface area contributed by atoms with Crippen molar-refractivity contribution in [3.8, 4) is 0 Å². The number of nitrogens with one attached hydrogen (secondary N) is 1.